The SMILES string of the molecule is CCc1ccc2[nH]c(=O)c(CN(Cc3ccco3)C(=S)NCC(C)C)cc2c1. The van der Waals surface area contributed by atoms with Crippen molar-refractivity contribution in [2.24, 2.45) is 5.92 Å². The minimum Gasteiger partial charge on any atom is -0.467 e. The Hall–Kier alpha value is -2.60. The normalized spacial score (nSPS) is 11.1. The Labute approximate surface area is 170 Å². The van der Waals surface area contributed by atoms with E-state index in [2.05, 4.69) is 37.1 Å². The first-order chi connectivity index (χ1) is 13.5. The van der Waals surface area contributed by atoms with Gasteiger partial charge in [0.05, 0.1) is 19.4 Å². The second-order valence-electron chi connectivity index (χ2n) is 7.41. The van der Waals surface area contributed by atoms with E-state index >= 15 is 0 Å². The molecule has 2 heterocycles. The molecule has 0 aliphatic heterocycles. The molecule has 6 heteroatoms. The van der Waals surface area contributed by atoms with Crippen LogP contribution in [0.2, 0.25) is 0 Å². The molecule has 0 spiro atoms. The lowest BCUT2D eigenvalue weighted by Gasteiger charge is -2.25. The van der Waals surface area contributed by atoms with Crippen molar-refractivity contribution in [1.82, 2.24) is 15.2 Å². The maximum absolute atomic E-state index is 12.6. The summed E-state index contributed by atoms with van der Waals surface area (Å²) in [4.78, 5) is 17.6. The molecule has 5 nitrogen and oxygen atoms in total. The molecule has 3 rings (SSSR count). The molecule has 0 saturated carbocycles. The number of furan rings is 1. The van der Waals surface area contributed by atoms with Crippen LogP contribution in [0.25, 0.3) is 10.9 Å². The van der Waals surface area contributed by atoms with E-state index < -0.39 is 0 Å². The van der Waals surface area contributed by atoms with Crippen LogP contribution in [0.1, 0.15) is 37.7 Å². The van der Waals surface area contributed by atoms with E-state index in [-0.39, 0.29) is 5.56 Å². The van der Waals surface area contributed by atoms with Gasteiger partial charge in [0, 0.05) is 17.6 Å². The summed E-state index contributed by atoms with van der Waals surface area (Å²) in [6.07, 6.45) is 2.60. The maximum atomic E-state index is 12.6. The zero-order valence-corrected chi connectivity index (χ0v) is 17.4. The smallest absolute Gasteiger partial charge is 0.253 e. The highest BCUT2D eigenvalue weighted by Gasteiger charge is 2.15. The molecule has 0 atom stereocenters. The largest absolute Gasteiger partial charge is 0.467 e. The van der Waals surface area contributed by atoms with Gasteiger partial charge >= 0.3 is 0 Å². The number of aromatic amines is 1. The Bertz CT molecular complexity index is 993. The number of aryl methyl sites for hydroxylation is 1. The molecule has 148 valence electrons. The second kappa shape index (κ2) is 9.06. The van der Waals surface area contributed by atoms with Gasteiger partial charge in [0.25, 0.3) is 5.56 Å². The predicted octanol–water partition coefficient (Wildman–Crippen LogP) is 4.22. The van der Waals surface area contributed by atoms with Crippen molar-refractivity contribution in [2.75, 3.05) is 6.54 Å². The number of pyridine rings is 1. The predicted molar refractivity (Wildman–Crippen MR) is 117 cm³/mol. The van der Waals surface area contributed by atoms with Crippen molar-refractivity contribution in [3.63, 3.8) is 0 Å². The minimum absolute atomic E-state index is 0.0900. The van der Waals surface area contributed by atoms with Crippen LogP contribution in [-0.2, 0) is 19.5 Å². The Balaban J connectivity index is 1.89. The molecule has 2 N–H and O–H groups in total. The van der Waals surface area contributed by atoms with E-state index in [1.165, 1.54) is 5.56 Å². The highest BCUT2D eigenvalue weighted by molar-refractivity contribution is 7.80. The van der Waals surface area contributed by atoms with Gasteiger partial charge in [0.15, 0.2) is 5.11 Å². The zero-order chi connectivity index (χ0) is 20.1. The number of fused-ring (bicyclic) bond motifs is 1. The zero-order valence-electron chi connectivity index (χ0n) is 16.6. The third kappa shape index (κ3) is 5.01. The van der Waals surface area contributed by atoms with Crippen LogP contribution in [0.5, 0.6) is 0 Å². The summed E-state index contributed by atoms with van der Waals surface area (Å²) < 4.78 is 5.49. The Morgan fingerprint density at radius 1 is 1.25 bits per heavy atom. The van der Waals surface area contributed by atoms with Gasteiger partial charge in [0.2, 0.25) is 0 Å². The van der Waals surface area contributed by atoms with Gasteiger partial charge in [-0.05, 0) is 65.8 Å². The van der Waals surface area contributed by atoms with Crippen molar-refractivity contribution >= 4 is 28.2 Å². The second-order valence-corrected chi connectivity index (χ2v) is 7.80. The first kappa shape index (κ1) is 20.1. The van der Waals surface area contributed by atoms with E-state index in [0.717, 1.165) is 29.6 Å². The Morgan fingerprint density at radius 3 is 2.75 bits per heavy atom. The molecule has 0 amide bonds. The molecular weight excluding hydrogens is 370 g/mol. The Kier molecular flexibility index (Phi) is 6.52. The average Bonchev–Trinajstić information content (AvgIpc) is 3.18. The van der Waals surface area contributed by atoms with Crippen molar-refractivity contribution in [3.8, 4) is 0 Å². The lowest BCUT2D eigenvalue weighted by Crippen LogP contribution is -2.41. The molecule has 0 aliphatic carbocycles. The molecule has 0 radical (unpaired) electrons. The minimum atomic E-state index is -0.0900. The van der Waals surface area contributed by atoms with Crippen molar-refractivity contribution in [3.05, 3.63) is 69.9 Å². The van der Waals surface area contributed by atoms with Gasteiger partial charge in [-0.1, -0.05) is 26.8 Å². The molecule has 1 aromatic carbocycles. The lowest BCUT2D eigenvalue weighted by atomic mass is 10.1. The van der Waals surface area contributed by atoms with Crippen molar-refractivity contribution in [1.29, 1.82) is 0 Å². The molecule has 0 unspecified atom stereocenters. The van der Waals surface area contributed by atoms with Crippen LogP contribution in [0.3, 0.4) is 0 Å². The monoisotopic (exact) mass is 397 g/mol. The summed E-state index contributed by atoms with van der Waals surface area (Å²) in [5, 5.41) is 4.95. The van der Waals surface area contributed by atoms with Gasteiger partial charge in [-0.15, -0.1) is 0 Å². The molecular formula is C22H27N3O2S. The van der Waals surface area contributed by atoms with Gasteiger partial charge in [-0.3, -0.25) is 4.79 Å². The van der Waals surface area contributed by atoms with E-state index in [9.17, 15) is 4.79 Å². The van der Waals surface area contributed by atoms with E-state index in [0.29, 0.717) is 29.7 Å². The fourth-order valence-electron chi connectivity index (χ4n) is 3.04. The third-order valence-electron chi connectivity index (χ3n) is 4.63. The standard InChI is InChI=1S/C22H27N3O2S/c1-4-16-7-8-20-17(10-16)11-18(21(26)24-20)13-25(14-19-6-5-9-27-19)22(28)23-12-15(2)3/h5-11,15H,4,12-14H2,1-3H3,(H,23,28)(H,24,26). The van der Waals surface area contributed by atoms with Gasteiger partial charge in [-0.2, -0.15) is 0 Å². The number of nitrogens with one attached hydrogen (secondary N) is 2. The quantitative estimate of drug-likeness (QED) is 0.585. The molecule has 0 aliphatic rings. The topological polar surface area (TPSA) is 61.3 Å². The van der Waals surface area contributed by atoms with E-state index in [4.69, 9.17) is 16.6 Å². The first-order valence-corrected chi connectivity index (χ1v) is 10.1. The molecule has 28 heavy (non-hydrogen) atoms. The van der Waals surface area contributed by atoms with E-state index in [1.54, 1.807) is 6.26 Å². The van der Waals surface area contributed by atoms with Crippen LogP contribution in [-0.4, -0.2) is 21.5 Å². The highest BCUT2D eigenvalue weighted by atomic mass is 32.1. The number of hydrogen-bond acceptors (Lipinski definition) is 3. The van der Waals surface area contributed by atoms with Crippen LogP contribution in [0, 0.1) is 5.92 Å². The molecule has 0 fully saturated rings. The highest BCUT2D eigenvalue weighted by Crippen LogP contribution is 2.16. The summed E-state index contributed by atoms with van der Waals surface area (Å²) >= 11 is 5.61. The number of benzene rings is 1. The van der Waals surface area contributed by atoms with Crippen LogP contribution in [0.15, 0.2) is 51.9 Å². The number of hydrogen-bond donors (Lipinski definition) is 2. The van der Waals surface area contributed by atoms with E-state index in [1.807, 2.05) is 35.2 Å². The van der Waals surface area contributed by atoms with Crippen molar-refractivity contribution in [2.45, 2.75) is 40.3 Å². The summed E-state index contributed by atoms with van der Waals surface area (Å²) in [6, 6.07) is 11.9. The molecule has 0 bridgehead atoms. The number of thiocarbonyl (C=S) groups is 1. The Morgan fingerprint density at radius 2 is 2.07 bits per heavy atom. The lowest BCUT2D eigenvalue weighted by molar-refractivity contribution is 0.348. The first-order valence-electron chi connectivity index (χ1n) is 9.66. The molecule has 3 aromatic rings. The number of nitrogens with zero attached hydrogens (tertiary/aromatic N) is 1. The fourth-order valence-corrected chi connectivity index (χ4v) is 3.25. The molecule has 0 saturated heterocycles. The average molecular weight is 398 g/mol. The number of rotatable bonds is 7. The van der Waals surface area contributed by atoms with Gasteiger partial charge < -0.3 is 19.6 Å². The van der Waals surface area contributed by atoms with Crippen LogP contribution >= 0.6 is 12.2 Å². The maximum Gasteiger partial charge on any atom is 0.253 e. The van der Waals surface area contributed by atoms with Crippen molar-refractivity contribution < 1.29 is 4.42 Å². The van der Waals surface area contributed by atoms with Gasteiger partial charge in [-0.25, -0.2) is 0 Å². The fraction of sp³-hybridized carbons (Fsp3) is 0.364. The summed E-state index contributed by atoms with van der Waals surface area (Å²) in [6.45, 7) is 8.08. The number of aromatic nitrogens is 1. The van der Waals surface area contributed by atoms with Crippen LogP contribution in [0.4, 0.5) is 0 Å². The summed E-state index contributed by atoms with van der Waals surface area (Å²) in [5.74, 6) is 1.28. The third-order valence-corrected chi connectivity index (χ3v) is 5.03. The van der Waals surface area contributed by atoms with Gasteiger partial charge in [0.1, 0.15) is 5.76 Å². The summed E-state index contributed by atoms with van der Waals surface area (Å²) in [5.41, 5.74) is 2.69. The molecule has 2 aromatic heterocycles. The van der Waals surface area contributed by atoms with Crippen LogP contribution < -0.4 is 10.9 Å². The summed E-state index contributed by atoms with van der Waals surface area (Å²) in [7, 11) is 0. The number of H-pyrrole nitrogens is 1.